The second kappa shape index (κ2) is 8.06. The number of fused-ring (bicyclic) bond motifs is 1. The molecule has 1 aliphatic heterocycles. The molecule has 3 aliphatic rings. The number of nitrogens with zero attached hydrogens (tertiary/aromatic N) is 3. The van der Waals surface area contributed by atoms with Crippen molar-refractivity contribution in [1.29, 1.82) is 0 Å². The van der Waals surface area contributed by atoms with E-state index in [0.717, 1.165) is 42.8 Å². The minimum atomic E-state index is -4.24. The van der Waals surface area contributed by atoms with Crippen molar-refractivity contribution in [2.24, 2.45) is 27.2 Å². The van der Waals surface area contributed by atoms with E-state index in [4.69, 9.17) is 4.99 Å². The fraction of sp³-hybridized carbons (Fsp3) is 0.625. The van der Waals surface area contributed by atoms with Crippen molar-refractivity contribution in [2.75, 3.05) is 20.1 Å². The van der Waals surface area contributed by atoms with E-state index in [1.807, 2.05) is 11.8 Å². The summed E-state index contributed by atoms with van der Waals surface area (Å²) in [6, 6.07) is 5.17. The lowest BCUT2D eigenvalue weighted by Gasteiger charge is -2.23. The molecule has 2 unspecified atom stereocenters. The quantitative estimate of drug-likeness (QED) is 0.447. The number of likely N-dealkylation sites (tertiary alicyclic amines) is 1. The third-order valence-electron chi connectivity index (χ3n) is 6.94. The van der Waals surface area contributed by atoms with Crippen LogP contribution in [0, 0.1) is 24.2 Å². The Labute approximate surface area is 181 Å². The van der Waals surface area contributed by atoms with Gasteiger partial charge in [0.25, 0.3) is 5.91 Å². The average Bonchev–Trinajstić information content (AvgIpc) is 3.65. The van der Waals surface area contributed by atoms with Gasteiger partial charge >= 0.3 is 6.18 Å². The highest BCUT2D eigenvalue weighted by Gasteiger charge is 2.63. The highest BCUT2D eigenvalue weighted by Crippen LogP contribution is 2.59. The number of alkyl halides is 3. The zero-order valence-corrected chi connectivity index (χ0v) is 18.4. The van der Waals surface area contributed by atoms with Gasteiger partial charge in [0.15, 0.2) is 0 Å². The number of hydrogen-bond acceptors (Lipinski definition) is 2. The van der Waals surface area contributed by atoms with Gasteiger partial charge < -0.3 is 4.90 Å². The highest BCUT2D eigenvalue weighted by atomic mass is 19.4. The zero-order chi connectivity index (χ0) is 22.4. The van der Waals surface area contributed by atoms with Gasteiger partial charge in [-0.25, -0.2) is 4.99 Å². The van der Waals surface area contributed by atoms with Crippen molar-refractivity contribution in [2.45, 2.75) is 58.5 Å². The largest absolute Gasteiger partial charge is 0.389 e. The molecule has 168 valence electrons. The molecule has 1 heterocycles. The SMILES string of the molecule is CCC(=NC(=NC)C1CC1)C12CC1CN(C(=O)c1cc(C)ccc1CCC(F)(F)F)C2. The van der Waals surface area contributed by atoms with Gasteiger partial charge in [-0.1, -0.05) is 24.6 Å². The number of piperidine rings is 1. The van der Waals surface area contributed by atoms with Crippen molar-refractivity contribution in [3.05, 3.63) is 34.9 Å². The Morgan fingerprint density at radius 3 is 2.65 bits per heavy atom. The number of benzene rings is 1. The summed E-state index contributed by atoms with van der Waals surface area (Å²) in [5, 5.41) is 0. The number of amides is 1. The molecule has 0 aromatic heterocycles. The second-order valence-corrected chi connectivity index (χ2v) is 9.29. The monoisotopic (exact) mass is 433 g/mol. The van der Waals surface area contributed by atoms with Crippen LogP contribution < -0.4 is 0 Å². The maximum atomic E-state index is 13.3. The van der Waals surface area contributed by atoms with Gasteiger partial charge in [0.1, 0.15) is 5.84 Å². The Balaban J connectivity index is 1.53. The van der Waals surface area contributed by atoms with Crippen LogP contribution in [0.4, 0.5) is 13.2 Å². The molecule has 4 nitrogen and oxygen atoms in total. The molecular weight excluding hydrogens is 403 g/mol. The molecule has 31 heavy (non-hydrogen) atoms. The number of hydrogen-bond donors (Lipinski definition) is 0. The van der Waals surface area contributed by atoms with Crippen LogP contribution in [0.25, 0.3) is 0 Å². The normalized spacial score (nSPS) is 26.3. The Kier molecular flexibility index (Phi) is 5.73. The van der Waals surface area contributed by atoms with Crippen LogP contribution in [-0.4, -0.2) is 48.7 Å². The fourth-order valence-electron chi connectivity index (χ4n) is 4.98. The van der Waals surface area contributed by atoms with Crippen LogP contribution >= 0.6 is 0 Å². The van der Waals surface area contributed by atoms with Crippen LogP contribution in [-0.2, 0) is 6.42 Å². The molecule has 3 fully saturated rings. The molecule has 0 radical (unpaired) electrons. The summed E-state index contributed by atoms with van der Waals surface area (Å²) in [5.41, 5.74) is 2.81. The van der Waals surface area contributed by atoms with Crippen molar-refractivity contribution < 1.29 is 18.0 Å². The molecule has 2 aliphatic carbocycles. The minimum Gasteiger partial charge on any atom is -0.337 e. The number of rotatable bonds is 6. The molecule has 0 spiro atoms. The summed E-state index contributed by atoms with van der Waals surface area (Å²) < 4.78 is 38.3. The first-order chi connectivity index (χ1) is 14.7. The van der Waals surface area contributed by atoms with Gasteiger partial charge in [-0.15, -0.1) is 0 Å². The first-order valence-corrected chi connectivity index (χ1v) is 11.2. The summed E-state index contributed by atoms with van der Waals surface area (Å²) in [6.07, 6.45) is -1.20. The molecule has 2 atom stereocenters. The predicted molar refractivity (Wildman–Crippen MR) is 116 cm³/mol. The lowest BCUT2D eigenvalue weighted by molar-refractivity contribution is -0.134. The minimum absolute atomic E-state index is 0.0782. The Morgan fingerprint density at radius 1 is 1.29 bits per heavy atom. The van der Waals surface area contributed by atoms with Gasteiger partial charge in [-0.05, 0) is 56.6 Å². The molecule has 0 N–H and O–H groups in total. The third kappa shape index (κ3) is 4.55. The number of aryl methyl sites for hydroxylation is 2. The maximum absolute atomic E-state index is 13.3. The van der Waals surface area contributed by atoms with Crippen LogP contribution in [0.3, 0.4) is 0 Å². The Hall–Kier alpha value is -2.18. The summed E-state index contributed by atoms with van der Waals surface area (Å²) in [7, 11) is 1.79. The number of carbonyl (C=O) groups excluding carboxylic acids is 1. The third-order valence-corrected chi connectivity index (χ3v) is 6.94. The second-order valence-electron chi connectivity index (χ2n) is 9.29. The van der Waals surface area contributed by atoms with E-state index in [9.17, 15) is 18.0 Å². The summed E-state index contributed by atoms with van der Waals surface area (Å²) in [6.45, 7) is 5.20. The first-order valence-electron chi connectivity index (χ1n) is 11.2. The molecule has 2 saturated carbocycles. The predicted octanol–water partition coefficient (Wildman–Crippen LogP) is 5.24. The number of halogens is 3. The maximum Gasteiger partial charge on any atom is 0.389 e. The molecule has 1 saturated heterocycles. The van der Waals surface area contributed by atoms with E-state index in [1.165, 1.54) is 0 Å². The van der Waals surface area contributed by atoms with Crippen LogP contribution in [0.15, 0.2) is 28.2 Å². The fourth-order valence-corrected chi connectivity index (χ4v) is 4.98. The number of aliphatic imine (C=N–C) groups is 2. The van der Waals surface area contributed by atoms with Crippen LogP contribution in [0.5, 0.6) is 0 Å². The van der Waals surface area contributed by atoms with Crippen LogP contribution in [0.1, 0.15) is 60.5 Å². The van der Waals surface area contributed by atoms with E-state index >= 15 is 0 Å². The van der Waals surface area contributed by atoms with E-state index in [-0.39, 0.29) is 17.7 Å². The zero-order valence-electron chi connectivity index (χ0n) is 18.4. The Bertz CT molecular complexity index is 932. The van der Waals surface area contributed by atoms with E-state index in [2.05, 4.69) is 11.9 Å². The van der Waals surface area contributed by atoms with E-state index in [0.29, 0.717) is 36.1 Å². The standard InChI is InChI=1S/C24H30F3N3O/c1-4-20(29-21(28-3)17-7-8-17)23-12-18(23)13-30(14-23)22(31)19-11-15(2)5-6-16(19)9-10-24(25,26)27/h5-6,11,17-18H,4,7-10,12-14H2,1-3H3. The van der Waals surface area contributed by atoms with E-state index < -0.39 is 12.6 Å². The smallest absolute Gasteiger partial charge is 0.337 e. The Morgan fingerprint density at radius 2 is 2.03 bits per heavy atom. The number of carbonyl (C=O) groups is 1. The van der Waals surface area contributed by atoms with Crippen molar-refractivity contribution >= 4 is 17.5 Å². The van der Waals surface area contributed by atoms with Gasteiger partial charge in [0.2, 0.25) is 0 Å². The molecule has 1 amide bonds. The summed E-state index contributed by atoms with van der Waals surface area (Å²) >= 11 is 0. The lowest BCUT2D eigenvalue weighted by atomic mass is 9.96. The highest BCUT2D eigenvalue weighted by molar-refractivity contribution is 6.05. The molecule has 7 heteroatoms. The van der Waals surface area contributed by atoms with Crippen molar-refractivity contribution in [3.63, 3.8) is 0 Å². The molecule has 1 aromatic carbocycles. The summed E-state index contributed by atoms with van der Waals surface area (Å²) in [5.74, 6) is 1.63. The van der Waals surface area contributed by atoms with Crippen molar-refractivity contribution in [3.8, 4) is 0 Å². The van der Waals surface area contributed by atoms with Gasteiger partial charge in [0.05, 0.1) is 0 Å². The van der Waals surface area contributed by atoms with Crippen LogP contribution in [0.2, 0.25) is 0 Å². The van der Waals surface area contributed by atoms with E-state index in [1.54, 1.807) is 25.2 Å². The molecular formula is C24H30F3N3O. The van der Waals surface area contributed by atoms with Crippen molar-refractivity contribution in [1.82, 2.24) is 4.90 Å². The van der Waals surface area contributed by atoms with Gasteiger partial charge in [-0.3, -0.25) is 9.79 Å². The topological polar surface area (TPSA) is 45.0 Å². The molecule has 1 aromatic rings. The number of amidine groups is 1. The van der Waals surface area contributed by atoms with Gasteiger partial charge in [0, 0.05) is 49.2 Å². The molecule has 4 rings (SSSR count). The lowest BCUT2D eigenvalue weighted by Crippen LogP contribution is -2.34. The first kappa shape index (κ1) is 22.0. The summed E-state index contributed by atoms with van der Waals surface area (Å²) in [4.78, 5) is 24.5. The molecule has 0 bridgehead atoms. The van der Waals surface area contributed by atoms with Gasteiger partial charge in [-0.2, -0.15) is 13.2 Å². The average molecular weight is 434 g/mol.